The van der Waals surface area contributed by atoms with Crippen LogP contribution in [0.3, 0.4) is 0 Å². The van der Waals surface area contributed by atoms with Crippen molar-refractivity contribution in [1.82, 2.24) is 15.0 Å². The molecule has 140 valence electrons. The molecule has 0 aliphatic heterocycles. The van der Waals surface area contributed by atoms with Gasteiger partial charge in [0.15, 0.2) is 0 Å². The number of carbonyl (C=O) groups is 1. The summed E-state index contributed by atoms with van der Waals surface area (Å²) in [6.07, 6.45) is 6.17. The second-order valence-electron chi connectivity index (χ2n) is 7.17. The molecule has 1 saturated carbocycles. The van der Waals surface area contributed by atoms with E-state index in [0.29, 0.717) is 17.4 Å². The maximum atomic E-state index is 12.3. The van der Waals surface area contributed by atoms with Gasteiger partial charge in [-0.25, -0.2) is 15.0 Å². The first kappa shape index (κ1) is 17.9. The van der Waals surface area contributed by atoms with Crippen molar-refractivity contribution < 1.29 is 4.79 Å². The molecule has 2 N–H and O–H groups in total. The summed E-state index contributed by atoms with van der Waals surface area (Å²) >= 11 is 0. The Balaban J connectivity index is 1.72. The van der Waals surface area contributed by atoms with Crippen LogP contribution >= 0.6 is 0 Å². The summed E-state index contributed by atoms with van der Waals surface area (Å²) in [4.78, 5) is 25.4. The van der Waals surface area contributed by atoms with Crippen LogP contribution in [0.15, 0.2) is 36.8 Å². The molecule has 1 aliphatic carbocycles. The fourth-order valence-electron chi connectivity index (χ4n) is 3.08. The monoisotopic (exact) mass is 371 g/mol. The Kier molecular flexibility index (Phi) is 4.66. The number of carbonyl (C=O) groups excluding carboxylic acids is 1. The molecular formula is C22H21N5O. The third-order valence-electron chi connectivity index (χ3n) is 4.94. The number of nitrogens with one attached hydrogen (secondary N) is 2. The van der Waals surface area contributed by atoms with Crippen molar-refractivity contribution in [2.75, 3.05) is 17.7 Å². The number of anilines is 2. The average molecular weight is 371 g/mol. The molecule has 3 aromatic rings. The van der Waals surface area contributed by atoms with Crippen molar-refractivity contribution in [3.8, 4) is 11.8 Å². The molecule has 0 spiro atoms. The van der Waals surface area contributed by atoms with Crippen molar-refractivity contribution in [1.29, 1.82) is 0 Å². The SMILES string of the molecule is CNc1ncc(C#Cc2ccc(C)cn2)c2cc(NC(=O)[C@H]3C[C@H]3C)ncc12. The van der Waals surface area contributed by atoms with Gasteiger partial charge in [0.25, 0.3) is 0 Å². The molecule has 0 aromatic carbocycles. The highest BCUT2D eigenvalue weighted by Gasteiger charge is 2.39. The molecule has 0 saturated heterocycles. The molecule has 0 unspecified atom stereocenters. The van der Waals surface area contributed by atoms with E-state index in [1.54, 1.807) is 18.6 Å². The third-order valence-corrected chi connectivity index (χ3v) is 4.94. The molecule has 3 aromatic heterocycles. The Morgan fingerprint density at radius 1 is 1.11 bits per heavy atom. The zero-order valence-corrected chi connectivity index (χ0v) is 16.1. The van der Waals surface area contributed by atoms with Crippen molar-refractivity contribution in [2.45, 2.75) is 20.3 Å². The molecule has 1 aliphatic rings. The summed E-state index contributed by atoms with van der Waals surface area (Å²) < 4.78 is 0. The van der Waals surface area contributed by atoms with E-state index in [4.69, 9.17) is 0 Å². The van der Waals surface area contributed by atoms with Crippen LogP contribution in [0.5, 0.6) is 0 Å². The van der Waals surface area contributed by atoms with Gasteiger partial charge in [0.2, 0.25) is 5.91 Å². The lowest BCUT2D eigenvalue weighted by Gasteiger charge is -2.09. The van der Waals surface area contributed by atoms with Crippen molar-refractivity contribution in [2.24, 2.45) is 11.8 Å². The van der Waals surface area contributed by atoms with Gasteiger partial charge in [0.1, 0.15) is 17.3 Å². The number of aromatic nitrogens is 3. The molecular weight excluding hydrogens is 350 g/mol. The van der Waals surface area contributed by atoms with Crippen LogP contribution in [0.1, 0.15) is 30.2 Å². The molecule has 6 nitrogen and oxygen atoms in total. The molecule has 28 heavy (non-hydrogen) atoms. The normalized spacial score (nSPS) is 17.5. The maximum absolute atomic E-state index is 12.3. The van der Waals surface area contributed by atoms with E-state index in [9.17, 15) is 4.79 Å². The lowest BCUT2D eigenvalue weighted by atomic mass is 10.1. The Labute approximate surface area is 163 Å². The molecule has 2 atom stereocenters. The number of hydrogen-bond donors (Lipinski definition) is 2. The molecule has 3 heterocycles. The first-order chi connectivity index (χ1) is 13.5. The quantitative estimate of drug-likeness (QED) is 0.690. The predicted molar refractivity (Wildman–Crippen MR) is 110 cm³/mol. The standard InChI is InChI=1S/C22H21N5O/c1-13-4-6-16(24-10-13)7-5-15-11-26-21(23-3)19-12-25-20(9-18(15)19)27-22(28)17-8-14(17)2/h4,6,9-12,14,17H,8H2,1-3H3,(H,23,26)(H,25,27,28)/t14-,17+/m1/s1. The number of hydrogen-bond acceptors (Lipinski definition) is 5. The zero-order chi connectivity index (χ0) is 19.7. The highest BCUT2D eigenvalue weighted by Crippen LogP contribution is 2.38. The van der Waals surface area contributed by atoms with Gasteiger partial charge in [0.05, 0.1) is 5.56 Å². The lowest BCUT2D eigenvalue weighted by Crippen LogP contribution is -2.15. The highest BCUT2D eigenvalue weighted by atomic mass is 16.2. The Hall–Kier alpha value is -3.46. The van der Waals surface area contributed by atoms with Crippen LogP contribution in [0, 0.1) is 30.6 Å². The molecule has 0 radical (unpaired) electrons. The summed E-state index contributed by atoms with van der Waals surface area (Å²) in [6, 6.07) is 5.73. The van der Waals surface area contributed by atoms with E-state index in [1.807, 2.05) is 32.2 Å². The molecule has 0 bridgehead atoms. The van der Waals surface area contributed by atoms with Gasteiger partial charge < -0.3 is 10.6 Å². The number of amides is 1. The first-order valence-electron chi connectivity index (χ1n) is 9.27. The molecule has 4 rings (SSSR count). The Morgan fingerprint density at radius 3 is 2.61 bits per heavy atom. The number of rotatable bonds is 3. The zero-order valence-electron chi connectivity index (χ0n) is 16.1. The van der Waals surface area contributed by atoms with E-state index in [2.05, 4.69) is 44.4 Å². The van der Waals surface area contributed by atoms with E-state index in [-0.39, 0.29) is 11.8 Å². The summed E-state index contributed by atoms with van der Waals surface area (Å²) in [5.74, 6) is 8.05. The number of fused-ring (bicyclic) bond motifs is 1. The highest BCUT2D eigenvalue weighted by molar-refractivity contribution is 5.99. The van der Waals surface area contributed by atoms with Gasteiger partial charge in [-0.15, -0.1) is 0 Å². The molecule has 1 amide bonds. The van der Waals surface area contributed by atoms with E-state index in [0.717, 1.165) is 34.1 Å². The van der Waals surface area contributed by atoms with Crippen molar-refractivity contribution >= 4 is 28.3 Å². The smallest absolute Gasteiger partial charge is 0.228 e. The van der Waals surface area contributed by atoms with Crippen molar-refractivity contribution in [3.63, 3.8) is 0 Å². The minimum Gasteiger partial charge on any atom is -0.373 e. The topological polar surface area (TPSA) is 79.8 Å². The number of nitrogens with zero attached hydrogens (tertiary/aromatic N) is 3. The number of pyridine rings is 3. The van der Waals surface area contributed by atoms with Gasteiger partial charge >= 0.3 is 0 Å². The molecule has 1 fully saturated rings. The first-order valence-corrected chi connectivity index (χ1v) is 9.27. The van der Waals surface area contributed by atoms with Crippen LogP contribution in [0.4, 0.5) is 11.6 Å². The average Bonchev–Trinajstić information content (AvgIpc) is 3.44. The van der Waals surface area contributed by atoms with E-state index < -0.39 is 0 Å². The Morgan fingerprint density at radius 2 is 1.93 bits per heavy atom. The van der Waals surface area contributed by atoms with E-state index in [1.165, 1.54) is 0 Å². The van der Waals surface area contributed by atoms with Crippen molar-refractivity contribution in [3.05, 3.63) is 53.6 Å². The second-order valence-corrected chi connectivity index (χ2v) is 7.17. The van der Waals surface area contributed by atoms with Crippen LogP contribution in [-0.2, 0) is 4.79 Å². The summed E-state index contributed by atoms with van der Waals surface area (Å²) in [6.45, 7) is 4.07. The maximum Gasteiger partial charge on any atom is 0.228 e. The number of aryl methyl sites for hydroxylation is 1. The van der Waals surface area contributed by atoms with Crippen LogP contribution < -0.4 is 10.6 Å². The van der Waals surface area contributed by atoms with Gasteiger partial charge in [-0.05, 0) is 42.9 Å². The molecule has 6 heteroatoms. The summed E-state index contributed by atoms with van der Waals surface area (Å²) in [5.41, 5.74) is 2.54. The summed E-state index contributed by atoms with van der Waals surface area (Å²) in [5, 5.41) is 7.73. The Bertz CT molecular complexity index is 1110. The minimum atomic E-state index is 0.0266. The summed E-state index contributed by atoms with van der Waals surface area (Å²) in [7, 11) is 1.81. The third kappa shape index (κ3) is 3.65. The van der Waals surface area contributed by atoms with Gasteiger partial charge in [-0.1, -0.05) is 18.9 Å². The second kappa shape index (κ2) is 7.28. The van der Waals surface area contributed by atoms with E-state index >= 15 is 0 Å². The van der Waals surface area contributed by atoms with Gasteiger partial charge in [-0.3, -0.25) is 4.79 Å². The fourth-order valence-corrected chi connectivity index (χ4v) is 3.08. The fraction of sp³-hybridized carbons (Fsp3) is 0.273. The van der Waals surface area contributed by atoms with Crippen LogP contribution in [0.2, 0.25) is 0 Å². The largest absolute Gasteiger partial charge is 0.373 e. The van der Waals surface area contributed by atoms with Gasteiger partial charge in [-0.2, -0.15) is 0 Å². The van der Waals surface area contributed by atoms with Crippen LogP contribution in [-0.4, -0.2) is 27.9 Å². The van der Waals surface area contributed by atoms with Gasteiger partial charge in [0, 0.05) is 42.3 Å². The minimum absolute atomic E-state index is 0.0266. The lowest BCUT2D eigenvalue weighted by molar-refractivity contribution is -0.117. The van der Waals surface area contributed by atoms with Crippen LogP contribution in [0.25, 0.3) is 10.8 Å². The predicted octanol–water partition coefficient (Wildman–Crippen LogP) is 3.37.